The van der Waals surface area contributed by atoms with Crippen LogP contribution in [0.5, 0.6) is 0 Å². The van der Waals surface area contributed by atoms with Crippen molar-refractivity contribution in [1.82, 2.24) is 9.97 Å². The predicted octanol–water partition coefficient (Wildman–Crippen LogP) is 39.7. The molecule has 0 aliphatic rings. The Bertz CT molecular complexity index is 6630. The summed E-state index contributed by atoms with van der Waals surface area (Å²) in [6, 6.07) is 138. The Morgan fingerprint density at radius 3 is 0.497 bits per heavy atom. The van der Waals surface area contributed by atoms with Crippen LogP contribution in [0.1, 0.15) is 263 Å². The SMILES string of the molecule is CC(C)(C)c1ccc(-c2c(-c3ccc(C(C)(C)C)cc3)c(-c3ccc(C(C)(C)C)cc3)c(-c3cc(-c4cc[c-]c(-c5ccccn5)c4)cc(-c4c(-c5ccc(C(C)(C)C)cc5)c(-c5ccc(C(C)(C)C)cc5)c(-c5ccc(C(C)(C)C)cc5)c(-c5ccc(C(C)(C)C)cc5)c4-c4ccc(C(C)(C)C)cc4)c3)c(-c3ccc(C(C)(C)C)cc3)c2-c2ccc(C(C)(C)C)cc2)cc1.[Ir].[c-]1ccccc1-c1ccccn1. The Labute approximate surface area is 872 Å². The number of benzene rings is 15. The number of hydrogen-bond donors (Lipinski definition) is 0. The van der Waals surface area contributed by atoms with Crippen LogP contribution in [0.3, 0.4) is 0 Å². The molecule has 0 atom stereocenters. The van der Waals surface area contributed by atoms with Gasteiger partial charge in [-0.15, -0.1) is 71.3 Å². The van der Waals surface area contributed by atoms with Crippen molar-refractivity contribution in [2.45, 2.75) is 262 Å². The molecule has 729 valence electrons. The fourth-order valence-corrected chi connectivity index (χ4v) is 19.8. The first-order chi connectivity index (χ1) is 66.7. The minimum atomic E-state index is -0.150. The van der Waals surface area contributed by atoms with Gasteiger partial charge in [0.15, 0.2) is 0 Å². The Morgan fingerprint density at radius 2 is 0.322 bits per heavy atom. The maximum atomic E-state index is 5.08. The van der Waals surface area contributed by atoms with Crippen LogP contribution in [-0.2, 0) is 74.3 Å². The molecule has 143 heavy (non-hydrogen) atoms. The van der Waals surface area contributed by atoms with Gasteiger partial charge in [-0.1, -0.05) is 475 Å². The summed E-state index contributed by atoms with van der Waals surface area (Å²) >= 11 is 0. The summed E-state index contributed by atoms with van der Waals surface area (Å²) in [6.07, 6.45) is 3.69. The summed E-state index contributed by atoms with van der Waals surface area (Å²) in [5.74, 6) is 0. The Morgan fingerprint density at radius 1 is 0.147 bits per heavy atom. The zero-order valence-electron chi connectivity index (χ0n) is 90.7. The molecule has 0 fully saturated rings. The second-order valence-electron chi connectivity index (χ2n) is 49.8. The Hall–Kier alpha value is -12.8. The molecular weight excluding hydrogens is 1900 g/mol. The third-order valence-electron chi connectivity index (χ3n) is 28.6. The van der Waals surface area contributed by atoms with Crippen LogP contribution in [0.25, 0.3) is 167 Å². The molecular formula is C140H148IrN2-2. The van der Waals surface area contributed by atoms with E-state index in [0.717, 1.165) is 156 Å². The van der Waals surface area contributed by atoms with Crippen LogP contribution in [0, 0.1) is 12.1 Å². The maximum Gasteiger partial charge on any atom is 0.0160 e. The zero-order chi connectivity index (χ0) is 102. The van der Waals surface area contributed by atoms with Gasteiger partial charge in [-0.2, -0.15) is 0 Å². The van der Waals surface area contributed by atoms with Gasteiger partial charge in [-0.05, 0) is 291 Å². The molecule has 0 bridgehead atoms. The van der Waals surface area contributed by atoms with Crippen LogP contribution in [-0.4, -0.2) is 9.97 Å². The molecule has 0 amide bonds. The first-order valence-electron chi connectivity index (χ1n) is 51.3. The van der Waals surface area contributed by atoms with Crippen molar-refractivity contribution in [2.24, 2.45) is 0 Å². The van der Waals surface area contributed by atoms with Crippen molar-refractivity contribution in [1.29, 1.82) is 0 Å². The number of pyridine rings is 2. The molecule has 2 heterocycles. The maximum absolute atomic E-state index is 5.08. The minimum Gasteiger partial charge on any atom is -0.305 e. The monoisotopic (exact) mass is 2050 g/mol. The van der Waals surface area contributed by atoms with Gasteiger partial charge in [0.05, 0.1) is 0 Å². The predicted molar refractivity (Wildman–Crippen MR) is 615 cm³/mol. The molecule has 0 N–H and O–H groups in total. The van der Waals surface area contributed by atoms with Gasteiger partial charge in [0.2, 0.25) is 0 Å². The first kappa shape index (κ1) is 105. The third kappa shape index (κ3) is 23.1. The quantitative estimate of drug-likeness (QED) is 0.0956. The van der Waals surface area contributed by atoms with Crippen molar-refractivity contribution in [3.8, 4) is 167 Å². The van der Waals surface area contributed by atoms with E-state index in [9.17, 15) is 0 Å². The summed E-state index contributed by atoms with van der Waals surface area (Å²) in [5.41, 5.74) is 44.5. The van der Waals surface area contributed by atoms with Gasteiger partial charge in [0, 0.05) is 32.5 Å². The number of rotatable bonds is 15. The standard InChI is InChI=1S/C129H140N.C11H8N.Ir/c1-120(2,3)97-57-37-82(38-58-97)108-110(84-41-61-99(62-42-84)122(7,8)9)114(88-49-69-103(70-50-88)126(19,20)21)118(115(89-51-71-104(72-52-89)127(22,23)24)111(108)85-43-63-100(64-44-85)123(10,11)12)95-79-94(92-34-33-35-93(78-92)107-36-31-32-77-130-107)80-96(81-95)119-116(90-53-73-105(74-54-90)128(25,26)27)112(86-45-65-101(66-46-86)124(13,14)15)109(83-39-59-98(60-40-83)121(4,5)6)113(87-47-67-102(68-48-87)125(16,17)18)117(119)91-55-75-106(76-56-91)129(28,29)30;1-2-6-10(7-3-1)11-8-4-5-9-12-11;/h31-34,36-81H,1-30H3;1-6,8-9H;/q2*-1;. The summed E-state index contributed by atoms with van der Waals surface area (Å²) < 4.78 is 0. The van der Waals surface area contributed by atoms with Gasteiger partial charge < -0.3 is 9.97 Å². The molecule has 1 radical (unpaired) electrons. The topological polar surface area (TPSA) is 25.8 Å². The number of aromatic nitrogens is 2. The normalized spacial score (nSPS) is 12.5. The Balaban J connectivity index is 0.00000110. The molecule has 15 aromatic carbocycles. The van der Waals surface area contributed by atoms with Crippen molar-refractivity contribution >= 4 is 0 Å². The van der Waals surface area contributed by atoms with Crippen molar-refractivity contribution in [2.75, 3.05) is 0 Å². The van der Waals surface area contributed by atoms with Crippen LogP contribution < -0.4 is 0 Å². The first-order valence-corrected chi connectivity index (χ1v) is 51.3. The van der Waals surface area contributed by atoms with E-state index in [0.29, 0.717) is 0 Å². The van der Waals surface area contributed by atoms with E-state index in [4.69, 9.17) is 4.98 Å². The fourth-order valence-electron chi connectivity index (χ4n) is 19.8. The van der Waals surface area contributed by atoms with E-state index in [1.165, 1.54) is 66.8 Å². The molecule has 0 unspecified atom stereocenters. The second-order valence-corrected chi connectivity index (χ2v) is 49.8. The average Bonchev–Trinajstić information content (AvgIpc) is 0.705. The van der Waals surface area contributed by atoms with Gasteiger partial charge >= 0.3 is 0 Å². The van der Waals surface area contributed by atoms with Gasteiger partial charge in [-0.3, -0.25) is 0 Å². The van der Waals surface area contributed by atoms with E-state index in [-0.39, 0.29) is 74.3 Å². The van der Waals surface area contributed by atoms with Crippen LogP contribution in [0.4, 0.5) is 0 Å². The van der Waals surface area contributed by atoms with Crippen molar-refractivity contribution in [3.63, 3.8) is 0 Å². The second kappa shape index (κ2) is 40.5. The molecule has 3 heteroatoms. The summed E-state index contributed by atoms with van der Waals surface area (Å²) in [7, 11) is 0. The van der Waals surface area contributed by atoms with E-state index >= 15 is 0 Å². The van der Waals surface area contributed by atoms with Gasteiger partial charge in [0.1, 0.15) is 0 Å². The van der Waals surface area contributed by atoms with E-state index < -0.39 is 0 Å². The van der Waals surface area contributed by atoms with Gasteiger partial charge in [-0.25, -0.2) is 0 Å². The molecule has 17 aromatic rings. The smallest absolute Gasteiger partial charge is 0.0160 e. The van der Waals surface area contributed by atoms with Gasteiger partial charge in [0.25, 0.3) is 0 Å². The number of nitrogens with zero attached hydrogens (tertiary/aromatic N) is 2. The molecule has 0 saturated carbocycles. The fraction of sp³-hybridized carbons (Fsp3) is 0.286. The van der Waals surface area contributed by atoms with E-state index in [1.807, 2.05) is 54.7 Å². The number of hydrogen-bond acceptors (Lipinski definition) is 2. The summed E-state index contributed by atoms with van der Waals surface area (Å²) in [4.78, 5) is 9.29. The molecule has 0 saturated heterocycles. The zero-order valence-corrected chi connectivity index (χ0v) is 93.1. The molecule has 0 aliphatic heterocycles. The average molecular weight is 2050 g/mol. The van der Waals surface area contributed by atoms with Crippen molar-refractivity contribution in [3.05, 3.63) is 420 Å². The molecule has 2 nitrogen and oxygen atoms in total. The molecule has 2 aromatic heterocycles. The third-order valence-corrected chi connectivity index (χ3v) is 28.6. The summed E-state index contributed by atoms with van der Waals surface area (Å²) in [5, 5.41) is 0. The van der Waals surface area contributed by atoms with Crippen LogP contribution in [0.15, 0.2) is 352 Å². The molecule has 0 aliphatic carbocycles. The van der Waals surface area contributed by atoms with Crippen LogP contribution >= 0.6 is 0 Å². The minimum absolute atomic E-state index is 0. The van der Waals surface area contributed by atoms with Crippen LogP contribution in [0.2, 0.25) is 0 Å². The van der Waals surface area contributed by atoms with E-state index in [1.54, 1.807) is 6.20 Å². The van der Waals surface area contributed by atoms with E-state index in [2.05, 4.69) is 516 Å². The summed E-state index contributed by atoms with van der Waals surface area (Å²) in [6.45, 7) is 70.2. The molecule has 17 rings (SSSR count). The molecule has 0 spiro atoms. The Kier molecular flexibility index (Phi) is 29.6. The van der Waals surface area contributed by atoms with Crippen molar-refractivity contribution < 1.29 is 20.1 Å². The largest absolute Gasteiger partial charge is 0.305 e.